The zero-order valence-corrected chi connectivity index (χ0v) is 22.7. The van der Waals surface area contributed by atoms with E-state index in [2.05, 4.69) is 15.0 Å². The highest BCUT2D eigenvalue weighted by Crippen LogP contribution is 2.27. The molecule has 3 aromatic rings. The Morgan fingerprint density at radius 3 is 2.27 bits per heavy atom. The molecule has 8 nitrogen and oxygen atoms in total. The molecule has 0 spiro atoms. The van der Waals surface area contributed by atoms with Crippen LogP contribution in [0.1, 0.15) is 31.9 Å². The first-order valence-corrected chi connectivity index (χ1v) is 12.7. The van der Waals surface area contributed by atoms with Crippen LogP contribution >= 0.6 is 0 Å². The van der Waals surface area contributed by atoms with Crippen molar-refractivity contribution in [2.24, 2.45) is 0 Å². The summed E-state index contributed by atoms with van der Waals surface area (Å²) in [6.45, 7) is 9.86. The van der Waals surface area contributed by atoms with Crippen LogP contribution in [0.15, 0.2) is 54.6 Å². The molecule has 1 aliphatic heterocycles. The van der Waals surface area contributed by atoms with Crippen molar-refractivity contribution in [2.75, 3.05) is 36.4 Å². The molecule has 0 aliphatic carbocycles. The second-order valence-corrected chi connectivity index (χ2v) is 10.4. The standard InChI is InChI=1S/C29H31F3N4O4/c1-19-17-25(35-13-15-36(16-14-35)27(38)40-28(2,3)4)34-24-11-8-21(18-23(19)24)33-26(37)12-7-20-5-9-22(10-6-20)39-29(30,31)32/h5-12,17-18H,13-16H2,1-4H3,(H,33,37). The summed E-state index contributed by atoms with van der Waals surface area (Å²) < 4.78 is 46.2. The number of hydrogen-bond acceptors (Lipinski definition) is 6. The maximum atomic E-state index is 12.4. The molecule has 0 bridgehead atoms. The van der Waals surface area contributed by atoms with Crippen LogP contribution in [0.5, 0.6) is 5.75 Å². The Morgan fingerprint density at radius 2 is 1.65 bits per heavy atom. The summed E-state index contributed by atoms with van der Waals surface area (Å²) in [5.41, 5.74) is 2.36. The molecule has 1 aliphatic rings. The van der Waals surface area contributed by atoms with E-state index in [1.54, 1.807) is 11.0 Å². The van der Waals surface area contributed by atoms with Crippen LogP contribution in [-0.4, -0.2) is 60.0 Å². The predicted octanol–water partition coefficient (Wildman–Crippen LogP) is 6.15. The molecule has 1 fully saturated rings. The quantitative estimate of drug-likeness (QED) is 0.380. The van der Waals surface area contributed by atoms with E-state index in [1.807, 2.05) is 45.9 Å². The van der Waals surface area contributed by atoms with Gasteiger partial charge in [-0.2, -0.15) is 0 Å². The van der Waals surface area contributed by atoms with Gasteiger partial charge in [0.15, 0.2) is 0 Å². The first-order chi connectivity index (χ1) is 18.8. The average molecular weight is 557 g/mol. The first kappa shape index (κ1) is 28.7. The largest absolute Gasteiger partial charge is 0.573 e. The molecule has 40 heavy (non-hydrogen) atoms. The molecule has 0 saturated carbocycles. The highest BCUT2D eigenvalue weighted by molar-refractivity contribution is 6.03. The number of halogens is 3. The van der Waals surface area contributed by atoms with Crippen molar-refractivity contribution in [1.29, 1.82) is 0 Å². The Bertz CT molecular complexity index is 1410. The van der Waals surface area contributed by atoms with E-state index in [4.69, 9.17) is 9.72 Å². The lowest BCUT2D eigenvalue weighted by molar-refractivity contribution is -0.274. The molecule has 1 saturated heterocycles. The molecule has 1 N–H and O–H groups in total. The van der Waals surface area contributed by atoms with Crippen LogP contribution in [0.25, 0.3) is 17.0 Å². The van der Waals surface area contributed by atoms with Crippen molar-refractivity contribution >= 4 is 40.5 Å². The van der Waals surface area contributed by atoms with Gasteiger partial charge in [0.25, 0.3) is 0 Å². The number of carbonyl (C=O) groups excluding carboxylic acids is 2. The summed E-state index contributed by atoms with van der Waals surface area (Å²) in [6.07, 6.45) is -2.28. The van der Waals surface area contributed by atoms with Gasteiger partial charge in [-0.25, -0.2) is 9.78 Å². The number of piperazine rings is 1. The number of aromatic nitrogens is 1. The second-order valence-electron chi connectivity index (χ2n) is 10.4. The lowest BCUT2D eigenvalue weighted by atomic mass is 10.1. The van der Waals surface area contributed by atoms with Gasteiger partial charge in [0, 0.05) is 43.3 Å². The van der Waals surface area contributed by atoms with E-state index in [1.165, 1.54) is 36.4 Å². The minimum Gasteiger partial charge on any atom is -0.444 e. The number of hydrogen-bond donors (Lipinski definition) is 1. The van der Waals surface area contributed by atoms with Crippen LogP contribution in [0, 0.1) is 6.92 Å². The summed E-state index contributed by atoms with van der Waals surface area (Å²) in [7, 11) is 0. The highest BCUT2D eigenvalue weighted by Gasteiger charge is 2.31. The van der Waals surface area contributed by atoms with Gasteiger partial charge in [0.1, 0.15) is 17.2 Å². The molecule has 0 atom stereocenters. The lowest BCUT2D eigenvalue weighted by Gasteiger charge is -2.36. The summed E-state index contributed by atoms with van der Waals surface area (Å²) in [4.78, 5) is 33.4. The fourth-order valence-electron chi connectivity index (χ4n) is 4.20. The molecule has 1 aromatic heterocycles. The minimum atomic E-state index is -4.76. The SMILES string of the molecule is Cc1cc(N2CCN(C(=O)OC(C)(C)C)CC2)nc2ccc(NC(=O)C=Cc3ccc(OC(F)(F)F)cc3)cc12. The molecule has 11 heteroatoms. The molecule has 2 amide bonds. The Kier molecular flexibility index (Phi) is 8.22. The fourth-order valence-corrected chi connectivity index (χ4v) is 4.20. The third-order valence-electron chi connectivity index (χ3n) is 6.07. The molecule has 212 valence electrons. The van der Waals surface area contributed by atoms with E-state index in [0.717, 1.165) is 22.3 Å². The highest BCUT2D eigenvalue weighted by atomic mass is 19.4. The normalized spacial score (nSPS) is 14.5. The van der Waals surface area contributed by atoms with Crippen molar-refractivity contribution in [3.8, 4) is 5.75 Å². The predicted molar refractivity (Wildman–Crippen MR) is 147 cm³/mol. The van der Waals surface area contributed by atoms with Gasteiger partial charge in [-0.1, -0.05) is 12.1 Å². The third-order valence-corrected chi connectivity index (χ3v) is 6.07. The van der Waals surface area contributed by atoms with Crippen LogP contribution in [0.3, 0.4) is 0 Å². The third kappa shape index (κ3) is 7.87. The summed E-state index contributed by atoms with van der Waals surface area (Å²) in [5, 5.41) is 3.68. The van der Waals surface area contributed by atoms with E-state index in [9.17, 15) is 22.8 Å². The number of anilines is 2. The van der Waals surface area contributed by atoms with E-state index in [-0.39, 0.29) is 17.7 Å². The first-order valence-electron chi connectivity index (χ1n) is 12.7. The van der Waals surface area contributed by atoms with Gasteiger partial charge in [0.2, 0.25) is 5.91 Å². The minimum absolute atomic E-state index is 0.312. The number of carbonyl (C=O) groups is 2. The molecular weight excluding hydrogens is 525 g/mol. The van der Waals surface area contributed by atoms with E-state index < -0.39 is 12.0 Å². The Morgan fingerprint density at radius 1 is 0.975 bits per heavy atom. The second kappa shape index (κ2) is 11.4. The molecule has 0 unspecified atom stereocenters. The van der Waals surface area contributed by atoms with Gasteiger partial charge in [0.05, 0.1) is 5.52 Å². The number of alkyl halides is 3. The number of nitrogens with zero attached hydrogens (tertiary/aromatic N) is 3. The molecule has 2 aromatic carbocycles. The van der Waals surface area contributed by atoms with Gasteiger partial charge < -0.3 is 24.6 Å². The average Bonchev–Trinajstić information content (AvgIpc) is 2.87. The Balaban J connectivity index is 1.37. The number of fused-ring (bicyclic) bond motifs is 1. The molecule has 2 heterocycles. The fraction of sp³-hybridized carbons (Fsp3) is 0.345. The van der Waals surface area contributed by atoms with Crippen LogP contribution in [0.4, 0.5) is 29.5 Å². The smallest absolute Gasteiger partial charge is 0.444 e. The van der Waals surface area contributed by atoms with Crippen molar-refractivity contribution in [2.45, 2.75) is 39.7 Å². The van der Waals surface area contributed by atoms with Crippen molar-refractivity contribution < 1.29 is 32.2 Å². The number of ether oxygens (including phenoxy) is 2. The van der Waals surface area contributed by atoms with Crippen LogP contribution < -0.4 is 15.0 Å². The number of pyridine rings is 1. The topological polar surface area (TPSA) is 84.0 Å². The van der Waals surface area contributed by atoms with Gasteiger partial charge in [-0.05, 0) is 81.3 Å². The van der Waals surface area contributed by atoms with E-state index in [0.29, 0.717) is 37.4 Å². The number of nitrogens with one attached hydrogen (secondary N) is 1. The summed E-state index contributed by atoms with van der Waals surface area (Å²) in [5.74, 6) is 0.0979. The number of rotatable bonds is 5. The maximum absolute atomic E-state index is 12.4. The number of benzene rings is 2. The van der Waals surface area contributed by atoms with Crippen molar-refractivity contribution in [1.82, 2.24) is 9.88 Å². The lowest BCUT2D eigenvalue weighted by Crippen LogP contribution is -2.50. The zero-order chi connectivity index (χ0) is 29.1. The zero-order valence-electron chi connectivity index (χ0n) is 22.7. The summed E-state index contributed by atoms with van der Waals surface area (Å²) >= 11 is 0. The van der Waals surface area contributed by atoms with Gasteiger partial charge >= 0.3 is 12.5 Å². The van der Waals surface area contributed by atoms with Crippen molar-refractivity contribution in [3.63, 3.8) is 0 Å². The Labute approximate surface area is 230 Å². The number of amides is 2. The van der Waals surface area contributed by atoms with Gasteiger partial charge in [-0.15, -0.1) is 13.2 Å². The van der Waals surface area contributed by atoms with Crippen LogP contribution in [-0.2, 0) is 9.53 Å². The van der Waals surface area contributed by atoms with Gasteiger partial charge in [-0.3, -0.25) is 4.79 Å². The summed E-state index contributed by atoms with van der Waals surface area (Å²) in [6, 6.07) is 12.6. The molecule has 0 radical (unpaired) electrons. The Hall–Kier alpha value is -4.28. The van der Waals surface area contributed by atoms with E-state index >= 15 is 0 Å². The molecular formula is C29H31F3N4O4. The van der Waals surface area contributed by atoms with Crippen molar-refractivity contribution in [3.05, 3.63) is 65.7 Å². The maximum Gasteiger partial charge on any atom is 0.573 e. The molecule has 4 rings (SSSR count). The van der Waals surface area contributed by atoms with Crippen LogP contribution in [0.2, 0.25) is 0 Å². The number of aryl methyl sites for hydroxylation is 1. The monoisotopic (exact) mass is 556 g/mol.